The number of allylic oxidation sites excluding steroid dienone is 3. The highest BCUT2D eigenvalue weighted by Crippen LogP contribution is 2.38. The molecule has 0 amide bonds. The van der Waals surface area contributed by atoms with Crippen molar-refractivity contribution in [2.75, 3.05) is 7.11 Å². The Hall–Kier alpha value is -3.16. The summed E-state index contributed by atoms with van der Waals surface area (Å²) in [4.78, 5) is 49.6. The molecule has 168 valence electrons. The maximum atomic E-state index is 12.7. The first-order valence-corrected chi connectivity index (χ1v) is 9.97. The van der Waals surface area contributed by atoms with Crippen molar-refractivity contribution in [1.82, 2.24) is 0 Å². The van der Waals surface area contributed by atoms with Gasteiger partial charge in [0.2, 0.25) is 0 Å². The van der Waals surface area contributed by atoms with Gasteiger partial charge in [-0.15, -0.1) is 0 Å². The molecule has 2 aliphatic rings. The average molecular weight is 432 g/mol. The second-order valence-corrected chi connectivity index (χ2v) is 7.50. The molecule has 4 atom stereocenters. The number of hydrogen-bond donors (Lipinski definition) is 0. The van der Waals surface area contributed by atoms with Gasteiger partial charge in [0, 0.05) is 18.1 Å². The average Bonchev–Trinajstić information content (AvgIpc) is 2.99. The zero-order chi connectivity index (χ0) is 23.3. The molecular formula is C23H28O8. The van der Waals surface area contributed by atoms with Crippen LogP contribution < -0.4 is 0 Å². The number of esters is 4. The lowest BCUT2D eigenvalue weighted by molar-refractivity contribution is -0.167. The van der Waals surface area contributed by atoms with Gasteiger partial charge in [0.1, 0.15) is 6.10 Å². The molecule has 0 N–H and O–H groups in total. The maximum absolute atomic E-state index is 12.7. The fraction of sp³-hybridized carbons (Fsp3) is 0.478. The number of rotatable bonds is 4. The predicted molar refractivity (Wildman–Crippen MR) is 110 cm³/mol. The summed E-state index contributed by atoms with van der Waals surface area (Å²) in [7, 11) is 1.20. The van der Waals surface area contributed by atoms with Crippen LogP contribution in [0.2, 0.25) is 0 Å². The minimum atomic E-state index is -1.32. The lowest BCUT2D eigenvalue weighted by Crippen LogP contribution is -2.46. The van der Waals surface area contributed by atoms with Crippen LogP contribution in [0.1, 0.15) is 40.5 Å². The van der Waals surface area contributed by atoms with Crippen molar-refractivity contribution < 1.29 is 38.1 Å². The van der Waals surface area contributed by atoms with Crippen LogP contribution >= 0.6 is 0 Å². The van der Waals surface area contributed by atoms with Gasteiger partial charge in [-0.3, -0.25) is 4.79 Å². The Balaban J connectivity index is 2.70. The molecule has 0 bridgehead atoms. The molecule has 1 aliphatic heterocycles. The van der Waals surface area contributed by atoms with Gasteiger partial charge in [-0.1, -0.05) is 24.3 Å². The Labute approximate surface area is 181 Å². The molecule has 0 aromatic heterocycles. The largest absolute Gasteiger partial charge is 0.466 e. The molecule has 0 spiro atoms. The molecule has 2 rings (SSSR count). The number of hydrogen-bond acceptors (Lipinski definition) is 8. The van der Waals surface area contributed by atoms with E-state index in [4.69, 9.17) is 18.9 Å². The summed E-state index contributed by atoms with van der Waals surface area (Å²) in [5.41, 5.74) is 1.31. The summed E-state index contributed by atoms with van der Waals surface area (Å²) in [6.45, 7) is 10.1. The van der Waals surface area contributed by atoms with E-state index in [9.17, 15) is 19.2 Å². The lowest BCUT2D eigenvalue weighted by Gasteiger charge is -2.33. The van der Waals surface area contributed by atoms with E-state index in [0.29, 0.717) is 18.4 Å². The SMILES string of the molecule is C=C1C(=O)O[C@@H]2/C=C(\C)CC/C=C(/C(=O)OC)[C@H](OC(C)=O)[C@@H](OC(=O)/C(C)=C\C)[C@@H]12. The molecule has 0 unspecified atom stereocenters. The third-order valence-corrected chi connectivity index (χ3v) is 5.28. The first kappa shape index (κ1) is 24.1. The fourth-order valence-electron chi connectivity index (χ4n) is 3.53. The first-order valence-electron chi connectivity index (χ1n) is 9.97. The molecule has 1 aliphatic carbocycles. The Bertz CT molecular complexity index is 876. The summed E-state index contributed by atoms with van der Waals surface area (Å²) in [5, 5.41) is 0. The van der Waals surface area contributed by atoms with Crippen molar-refractivity contribution in [1.29, 1.82) is 0 Å². The molecule has 31 heavy (non-hydrogen) atoms. The molecular weight excluding hydrogens is 404 g/mol. The summed E-state index contributed by atoms with van der Waals surface area (Å²) < 4.78 is 21.5. The van der Waals surface area contributed by atoms with Crippen molar-refractivity contribution in [3.05, 3.63) is 47.1 Å². The quantitative estimate of drug-likeness (QED) is 0.289. The Morgan fingerprint density at radius 2 is 1.90 bits per heavy atom. The van der Waals surface area contributed by atoms with Crippen molar-refractivity contribution in [3.63, 3.8) is 0 Å². The first-order chi connectivity index (χ1) is 14.6. The van der Waals surface area contributed by atoms with E-state index in [-0.39, 0.29) is 11.1 Å². The van der Waals surface area contributed by atoms with Crippen molar-refractivity contribution in [3.8, 4) is 0 Å². The summed E-state index contributed by atoms with van der Waals surface area (Å²) in [6, 6.07) is 0. The van der Waals surface area contributed by atoms with E-state index in [1.807, 2.05) is 6.92 Å². The van der Waals surface area contributed by atoms with Gasteiger partial charge >= 0.3 is 23.9 Å². The number of ether oxygens (including phenoxy) is 4. The van der Waals surface area contributed by atoms with Gasteiger partial charge in [-0.2, -0.15) is 0 Å². The van der Waals surface area contributed by atoms with E-state index >= 15 is 0 Å². The van der Waals surface area contributed by atoms with Crippen molar-refractivity contribution in [2.45, 2.75) is 58.8 Å². The van der Waals surface area contributed by atoms with Crippen molar-refractivity contribution >= 4 is 23.9 Å². The smallest absolute Gasteiger partial charge is 0.337 e. The van der Waals surface area contributed by atoms with Gasteiger partial charge < -0.3 is 18.9 Å². The standard InChI is InChI=1S/C23H28O8/c1-7-13(3)21(25)31-20-18-14(4)22(26)30-17(18)11-12(2)9-8-10-16(23(27)28-6)19(20)29-15(5)24/h7,10-11,17-20H,4,8-9H2,1-3,5-6H3/b12-11+,13-7-,16-10+/t17-,18+,19+,20+/m1/s1. The summed E-state index contributed by atoms with van der Waals surface area (Å²) in [6.07, 6.45) is 2.58. The van der Waals surface area contributed by atoms with Crippen LogP contribution in [0.3, 0.4) is 0 Å². The predicted octanol–water partition coefficient (Wildman–Crippen LogP) is 2.73. The Morgan fingerprint density at radius 3 is 2.48 bits per heavy atom. The zero-order valence-corrected chi connectivity index (χ0v) is 18.4. The van der Waals surface area contributed by atoms with Crippen LogP contribution in [-0.2, 0) is 38.1 Å². The van der Waals surface area contributed by atoms with E-state index in [1.165, 1.54) is 14.0 Å². The lowest BCUT2D eigenvalue weighted by atomic mass is 9.83. The highest BCUT2D eigenvalue weighted by atomic mass is 16.6. The maximum Gasteiger partial charge on any atom is 0.337 e. The topological polar surface area (TPSA) is 105 Å². The number of carbonyl (C=O) groups excluding carboxylic acids is 4. The number of methoxy groups -OCH3 is 1. The third kappa shape index (κ3) is 5.51. The second kappa shape index (κ2) is 10.2. The minimum Gasteiger partial charge on any atom is -0.466 e. The molecule has 0 aromatic carbocycles. The summed E-state index contributed by atoms with van der Waals surface area (Å²) >= 11 is 0. The molecule has 8 nitrogen and oxygen atoms in total. The number of fused-ring (bicyclic) bond motifs is 1. The van der Waals surface area contributed by atoms with Gasteiger partial charge in [0.05, 0.1) is 18.6 Å². The van der Waals surface area contributed by atoms with Gasteiger partial charge in [0.15, 0.2) is 12.2 Å². The summed E-state index contributed by atoms with van der Waals surface area (Å²) in [5.74, 6) is -3.62. The van der Waals surface area contributed by atoms with Gasteiger partial charge in [0.25, 0.3) is 0 Å². The van der Waals surface area contributed by atoms with Crippen LogP contribution in [0.25, 0.3) is 0 Å². The Kier molecular flexibility index (Phi) is 7.96. The molecule has 0 saturated carbocycles. The molecule has 0 radical (unpaired) electrons. The van der Waals surface area contributed by atoms with E-state index in [0.717, 1.165) is 5.57 Å². The molecule has 8 heteroatoms. The van der Waals surface area contributed by atoms with Gasteiger partial charge in [-0.05, 0) is 39.7 Å². The molecule has 0 aromatic rings. The van der Waals surface area contributed by atoms with Crippen LogP contribution in [0.4, 0.5) is 0 Å². The third-order valence-electron chi connectivity index (χ3n) is 5.28. The number of carbonyl (C=O) groups is 4. The fourth-order valence-corrected chi connectivity index (χ4v) is 3.53. The van der Waals surface area contributed by atoms with E-state index in [1.54, 1.807) is 32.1 Å². The van der Waals surface area contributed by atoms with E-state index < -0.39 is 48.1 Å². The van der Waals surface area contributed by atoms with Gasteiger partial charge in [-0.25, -0.2) is 14.4 Å². The van der Waals surface area contributed by atoms with Crippen molar-refractivity contribution in [2.24, 2.45) is 5.92 Å². The van der Waals surface area contributed by atoms with Crippen LogP contribution in [0.5, 0.6) is 0 Å². The zero-order valence-electron chi connectivity index (χ0n) is 18.4. The normalized spacial score (nSPS) is 30.0. The second-order valence-electron chi connectivity index (χ2n) is 7.50. The highest BCUT2D eigenvalue weighted by molar-refractivity contribution is 5.93. The minimum absolute atomic E-state index is 0.0224. The monoisotopic (exact) mass is 432 g/mol. The Morgan fingerprint density at radius 1 is 1.23 bits per heavy atom. The molecule has 1 fully saturated rings. The van der Waals surface area contributed by atoms with Crippen LogP contribution in [-0.4, -0.2) is 49.3 Å². The molecule has 1 heterocycles. The van der Waals surface area contributed by atoms with Crippen LogP contribution in [0, 0.1) is 5.92 Å². The van der Waals surface area contributed by atoms with E-state index in [2.05, 4.69) is 6.58 Å². The highest BCUT2D eigenvalue weighted by Gasteiger charge is 2.50. The van der Waals surface area contributed by atoms with Crippen LogP contribution in [0.15, 0.2) is 47.1 Å². The molecule has 1 saturated heterocycles.